The monoisotopic (exact) mass is 275 g/mol. The van der Waals surface area contributed by atoms with Crippen molar-refractivity contribution in [2.24, 2.45) is 5.73 Å². The molecule has 0 aliphatic rings. The first-order chi connectivity index (χ1) is 9.67. The maximum Gasteiger partial charge on any atom is 0.260 e. The fraction of sp³-hybridized carbons (Fsp3) is 0.400. The van der Waals surface area contributed by atoms with Gasteiger partial charge in [0.2, 0.25) is 0 Å². The van der Waals surface area contributed by atoms with E-state index in [0.717, 1.165) is 35.9 Å². The second-order valence-corrected chi connectivity index (χ2v) is 5.01. The number of unbranched alkanes of at least 4 members (excludes halogenated alkanes) is 1. The number of aromatic nitrogens is 1. The molecule has 5 heteroatoms. The fourth-order valence-electron chi connectivity index (χ4n) is 2.41. The molecule has 20 heavy (non-hydrogen) atoms. The Bertz CT molecular complexity index is 592. The van der Waals surface area contributed by atoms with Crippen LogP contribution in [0.1, 0.15) is 25.3 Å². The van der Waals surface area contributed by atoms with Gasteiger partial charge >= 0.3 is 0 Å². The minimum Gasteiger partial charge on any atom is -0.347 e. The number of hydrogen-bond donors (Lipinski definition) is 3. The summed E-state index contributed by atoms with van der Waals surface area (Å²) in [4.78, 5) is 11.3. The van der Waals surface area contributed by atoms with Gasteiger partial charge < -0.3 is 10.3 Å². The summed E-state index contributed by atoms with van der Waals surface area (Å²) in [7, 11) is 0. The number of rotatable bonds is 6. The van der Waals surface area contributed by atoms with Gasteiger partial charge in [-0.3, -0.25) is 10.0 Å². The van der Waals surface area contributed by atoms with Crippen LogP contribution in [0, 0.1) is 0 Å². The highest BCUT2D eigenvalue weighted by Crippen LogP contribution is 2.23. The first-order valence-corrected chi connectivity index (χ1v) is 6.93. The van der Waals surface area contributed by atoms with E-state index in [0.29, 0.717) is 6.42 Å². The number of aryl methyl sites for hydroxylation is 1. The molecular formula is C15H21N3O2. The summed E-state index contributed by atoms with van der Waals surface area (Å²) in [5.74, 6) is -0.560. The molecule has 108 valence electrons. The number of nitrogens with two attached hydrogens (primary N) is 1. The normalized spacial score (nSPS) is 12.6. The third-order valence-corrected chi connectivity index (χ3v) is 3.51. The molecule has 0 unspecified atom stereocenters. The highest BCUT2D eigenvalue weighted by atomic mass is 16.5. The van der Waals surface area contributed by atoms with Crippen molar-refractivity contribution >= 4 is 16.8 Å². The largest absolute Gasteiger partial charge is 0.347 e. The molecule has 0 aliphatic heterocycles. The predicted octanol–water partition coefficient (Wildman–Crippen LogP) is 1.82. The third-order valence-electron chi connectivity index (χ3n) is 3.51. The van der Waals surface area contributed by atoms with Crippen molar-refractivity contribution in [2.45, 2.75) is 38.8 Å². The molecule has 0 bridgehead atoms. The van der Waals surface area contributed by atoms with Crippen molar-refractivity contribution in [2.75, 3.05) is 0 Å². The van der Waals surface area contributed by atoms with Gasteiger partial charge in [-0.1, -0.05) is 31.5 Å². The molecule has 0 saturated heterocycles. The fourth-order valence-corrected chi connectivity index (χ4v) is 2.41. The molecule has 2 rings (SSSR count). The Hall–Kier alpha value is -1.85. The number of fused-ring (bicyclic) bond motifs is 1. The van der Waals surface area contributed by atoms with Crippen molar-refractivity contribution in [3.05, 3.63) is 36.0 Å². The van der Waals surface area contributed by atoms with Gasteiger partial charge in [0.15, 0.2) is 0 Å². The lowest BCUT2D eigenvalue weighted by atomic mass is 10.1. The summed E-state index contributed by atoms with van der Waals surface area (Å²) in [5, 5.41) is 9.75. The molecule has 0 spiro atoms. The summed E-state index contributed by atoms with van der Waals surface area (Å²) in [5.41, 5.74) is 9.58. The van der Waals surface area contributed by atoms with E-state index in [2.05, 4.69) is 23.8 Å². The van der Waals surface area contributed by atoms with Gasteiger partial charge in [-0.25, -0.2) is 5.48 Å². The Labute approximate surface area is 118 Å². The molecule has 0 aliphatic carbocycles. The molecule has 1 atom stereocenters. The molecule has 1 aromatic heterocycles. The SMILES string of the molecule is CCCCn1cc(C[C@H](N)C(=O)NO)c2ccccc21. The molecule has 1 heterocycles. The minimum absolute atomic E-state index is 0.409. The number of carbonyl (C=O) groups excluding carboxylic acids is 1. The van der Waals surface area contributed by atoms with Gasteiger partial charge in [0.05, 0.1) is 6.04 Å². The first-order valence-electron chi connectivity index (χ1n) is 6.93. The zero-order valence-electron chi connectivity index (χ0n) is 11.7. The third kappa shape index (κ3) is 3.00. The van der Waals surface area contributed by atoms with E-state index in [-0.39, 0.29) is 0 Å². The van der Waals surface area contributed by atoms with E-state index in [1.165, 1.54) is 0 Å². The Morgan fingerprint density at radius 3 is 2.90 bits per heavy atom. The van der Waals surface area contributed by atoms with Crippen LogP contribution in [0.25, 0.3) is 10.9 Å². The molecule has 5 nitrogen and oxygen atoms in total. The molecule has 0 fully saturated rings. The van der Waals surface area contributed by atoms with Crippen LogP contribution >= 0.6 is 0 Å². The number of benzene rings is 1. The van der Waals surface area contributed by atoms with Crippen molar-refractivity contribution < 1.29 is 10.0 Å². The first kappa shape index (κ1) is 14.6. The van der Waals surface area contributed by atoms with Crippen molar-refractivity contribution in [1.29, 1.82) is 0 Å². The topological polar surface area (TPSA) is 80.3 Å². The molecular weight excluding hydrogens is 254 g/mol. The number of nitrogens with zero attached hydrogens (tertiary/aromatic N) is 1. The van der Waals surface area contributed by atoms with Crippen LogP contribution in [0.2, 0.25) is 0 Å². The standard InChI is InChI=1S/C15H21N3O2/c1-2-3-8-18-10-11(9-13(16)15(19)17-20)12-6-4-5-7-14(12)18/h4-7,10,13,20H,2-3,8-9,16H2,1H3,(H,17,19)/t13-/m0/s1. The lowest BCUT2D eigenvalue weighted by Gasteiger charge is -2.07. The second kappa shape index (κ2) is 6.54. The number of amides is 1. The Kier molecular flexibility index (Phi) is 4.76. The maximum absolute atomic E-state index is 11.3. The predicted molar refractivity (Wildman–Crippen MR) is 78.5 cm³/mol. The van der Waals surface area contributed by atoms with Crippen LogP contribution in [0.4, 0.5) is 0 Å². The molecule has 1 amide bonds. The van der Waals surface area contributed by atoms with Gasteiger partial charge in [0.25, 0.3) is 5.91 Å². The van der Waals surface area contributed by atoms with Crippen LogP contribution in [0.3, 0.4) is 0 Å². The van der Waals surface area contributed by atoms with Gasteiger partial charge in [-0.15, -0.1) is 0 Å². The molecule has 4 N–H and O–H groups in total. The van der Waals surface area contributed by atoms with Crippen molar-refractivity contribution in [1.82, 2.24) is 10.0 Å². The van der Waals surface area contributed by atoms with Gasteiger partial charge in [0.1, 0.15) is 0 Å². The zero-order valence-corrected chi connectivity index (χ0v) is 11.7. The highest BCUT2D eigenvalue weighted by Gasteiger charge is 2.16. The second-order valence-electron chi connectivity index (χ2n) is 5.01. The highest BCUT2D eigenvalue weighted by molar-refractivity contribution is 5.86. The number of carbonyl (C=O) groups is 1. The number of hydrogen-bond acceptors (Lipinski definition) is 3. The van der Waals surface area contributed by atoms with E-state index in [1.807, 2.05) is 18.2 Å². The summed E-state index contributed by atoms with van der Waals surface area (Å²) >= 11 is 0. The molecule has 0 saturated carbocycles. The van der Waals surface area contributed by atoms with Crippen LogP contribution in [0.5, 0.6) is 0 Å². The molecule has 1 aromatic carbocycles. The number of hydroxylamine groups is 1. The van der Waals surface area contributed by atoms with Crippen LogP contribution in [0.15, 0.2) is 30.5 Å². The quantitative estimate of drug-likeness (QED) is 0.555. The number of para-hydroxylation sites is 1. The van der Waals surface area contributed by atoms with Crippen LogP contribution < -0.4 is 11.2 Å². The van der Waals surface area contributed by atoms with Crippen LogP contribution in [-0.2, 0) is 17.8 Å². The lowest BCUT2D eigenvalue weighted by molar-refractivity contribution is -0.130. The molecule has 0 radical (unpaired) electrons. The van der Waals surface area contributed by atoms with E-state index >= 15 is 0 Å². The van der Waals surface area contributed by atoms with Crippen molar-refractivity contribution in [3.63, 3.8) is 0 Å². The summed E-state index contributed by atoms with van der Waals surface area (Å²) in [6.07, 6.45) is 4.71. The average molecular weight is 275 g/mol. The zero-order chi connectivity index (χ0) is 14.5. The van der Waals surface area contributed by atoms with Gasteiger partial charge in [-0.2, -0.15) is 0 Å². The minimum atomic E-state index is -0.745. The van der Waals surface area contributed by atoms with Crippen molar-refractivity contribution in [3.8, 4) is 0 Å². The van der Waals surface area contributed by atoms with E-state index in [4.69, 9.17) is 10.9 Å². The van der Waals surface area contributed by atoms with Gasteiger partial charge in [-0.05, 0) is 24.5 Å². The molecule has 2 aromatic rings. The number of nitrogens with one attached hydrogen (secondary N) is 1. The lowest BCUT2D eigenvalue weighted by Crippen LogP contribution is -2.40. The summed E-state index contributed by atoms with van der Waals surface area (Å²) in [6, 6.07) is 7.36. The maximum atomic E-state index is 11.3. The van der Waals surface area contributed by atoms with E-state index < -0.39 is 11.9 Å². The average Bonchev–Trinajstić information content (AvgIpc) is 2.82. The Morgan fingerprint density at radius 2 is 2.20 bits per heavy atom. The Balaban J connectivity index is 2.31. The van der Waals surface area contributed by atoms with Gasteiger partial charge in [0, 0.05) is 23.6 Å². The van der Waals surface area contributed by atoms with E-state index in [9.17, 15) is 4.79 Å². The van der Waals surface area contributed by atoms with E-state index in [1.54, 1.807) is 5.48 Å². The summed E-state index contributed by atoms with van der Waals surface area (Å²) < 4.78 is 2.21. The van der Waals surface area contributed by atoms with Crippen LogP contribution in [-0.4, -0.2) is 21.7 Å². The summed E-state index contributed by atoms with van der Waals surface area (Å²) in [6.45, 7) is 3.12. The smallest absolute Gasteiger partial charge is 0.260 e. The Morgan fingerprint density at radius 1 is 1.45 bits per heavy atom.